The molecular formula is C15H21N5O. The number of aryl methyl sites for hydroxylation is 2. The van der Waals surface area contributed by atoms with Crippen LogP contribution in [0.2, 0.25) is 0 Å². The van der Waals surface area contributed by atoms with Gasteiger partial charge in [-0.3, -0.25) is 0 Å². The molecule has 0 amide bonds. The minimum atomic E-state index is 0.590. The number of aromatic nitrogens is 4. The summed E-state index contributed by atoms with van der Waals surface area (Å²) in [7, 11) is 2.05. The first-order valence-corrected chi connectivity index (χ1v) is 7.30. The van der Waals surface area contributed by atoms with Gasteiger partial charge in [0, 0.05) is 31.8 Å². The van der Waals surface area contributed by atoms with Gasteiger partial charge in [0.2, 0.25) is 0 Å². The number of anilines is 1. The number of hydrogen-bond acceptors (Lipinski definition) is 5. The lowest BCUT2D eigenvalue weighted by Gasteiger charge is -2.20. The molecule has 2 aromatic heterocycles. The van der Waals surface area contributed by atoms with Gasteiger partial charge in [0.05, 0.1) is 12.3 Å². The number of ether oxygens (including phenoxy) is 1. The van der Waals surface area contributed by atoms with Gasteiger partial charge in [0.25, 0.3) is 0 Å². The lowest BCUT2D eigenvalue weighted by atomic mass is 10.1. The van der Waals surface area contributed by atoms with E-state index in [0.717, 1.165) is 49.2 Å². The maximum absolute atomic E-state index is 5.41. The molecule has 0 spiro atoms. The van der Waals surface area contributed by atoms with Crippen molar-refractivity contribution in [3.05, 3.63) is 29.6 Å². The van der Waals surface area contributed by atoms with Crippen molar-refractivity contribution >= 4 is 5.82 Å². The van der Waals surface area contributed by atoms with Gasteiger partial charge < -0.3 is 9.64 Å². The molecule has 3 heterocycles. The van der Waals surface area contributed by atoms with E-state index in [1.165, 1.54) is 0 Å². The molecule has 1 aliphatic heterocycles. The summed E-state index contributed by atoms with van der Waals surface area (Å²) in [6.07, 6.45) is 1.13. The highest BCUT2D eigenvalue weighted by Crippen LogP contribution is 2.17. The van der Waals surface area contributed by atoms with Crippen molar-refractivity contribution in [2.45, 2.75) is 20.3 Å². The van der Waals surface area contributed by atoms with Crippen LogP contribution in [0.1, 0.15) is 17.8 Å². The topological polar surface area (TPSA) is 56.1 Å². The summed E-state index contributed by atoms with van der Waals surface area (Å²) in [6, 6.07) is 5.99. The van der Waals surface area contributed by atoms with Gasteiger partial charge in [-0.2, -0.15) is 5.10 Å². The fourth-order valence-corrected chi connectivity index (χ4v) is 2.70. The zero-order chi connectivity index (χ0) is 14.8. The third-order valence-electron chi connectivity index (χ3n) is 3.81. The Hall–Kier alpha value is -1.95. The van der Waals surface area contributed by atoms with Crippen molar-refractivity contribution < 1.29 is 4.74 Å². The van der Waals surface area contributed by atoms with Crippen LogP contribution in [0.3, 0.4) is 0 Å². The molecule has 1 saturated heterocycles. The quantitative estimate of drug-likeness (QED) is 0.857. The van der Waals surface area contributed by atoms with E-state index < -0.39 is 0 Å². The van der Waals surface area contributed by atoms with Crippen molar-refractivity contribution in [1.82, 2.24) is 20.0 Å². The molecule has 1 aliphatic rings. The highest BCUT2D eigenvalue weighted by atomic mass is 16.5. The van der Waals surface area contributed by atoms with Crippen LogP contribution in [0.15, 0.2) is 18.2 Å². The van der Waals surface area contributed by atoms with E-state index in [4.69, 9.17) is 4.74 Å². The van der Waals surface area contributed by atoms with E-state index in [9.17, 15) is 0 Å². The molecule has 21 heavy (non-hydrogen) atoms. The van der Waals surface area contributed by atoms with Crippen LogP contribution in [0.4, 0.5) is 5.82 Å². The molecule has 0 radical (unpaired) electrons. The highest BCUT2D eigenvalue weighted by molar-refractivity contribution is 5.39. The minimum Gasteiger partial charge on any atom is -0.381 e. The Morgan fingerprint density at radius 3 is 2.76 bits per heavy atom. The second kappa shape index (κ2) is 5.81. The smallest absolute Gasteiger partial charge is 0.176 e. The molecule has 2 aromatic rings. The van der Waals surface area contributed by atoms with E-state index in [2.05, 4.69) is 20.2 Å². The SMILES string of the molecule is Cc1cc(C)n(-c2ccc(N(C)C[C@@H]3CCOC3)nn2)n1. The normalized spacial score (nSPS) is 18.1. The molecule has 6 nitrogen and oxygen atoms in total. The lowest BCUT2D eigenvalue weighted by molar-refractivity contribution is 0.186. The second-order valence-corrected chi connectivity index (χ2v) is 5.70. The van der Waals surface area contributed by atoms with Gasteiger partial charge in [-0.1, -0.05) is 0 Å². The predicted molar refractivity (Wildman–Crippen MR) is 80.8 cm³/mol. The zero-order valence-corrected chi connectivity index (χ0v) is 12.8. The van der Waals surface area contributed by atoms with Gasteiger partial charge >= 0.3 is 0 Å². The minimum absolute atomic E-state index is 0.590. The highest BCUT2D eigenvalue weighted by Gasteiger charge is 2.18. The van der Waals surface area contributed by atoms with Crippen LogP contribution < -0.4 is 4.90 Å². The monoisotopic (exact) mass is 287 g/mol. The second-order valence-electron chi connectivity index (χ2n) is 5.70. The summed E-state index contributed by atoms with van der Waals surface area (Å²) in [5, 5.41) is 13.0. The first-order chi connectivity index (χ1) is 10.1. The summed E-state index contributed by atoms with van der Waals surface area (Å²) in [5.74, 6) is 2.22. The van der Waals surface area contributed by atoms with Crippen molar-refractivity contribution in [1.29, 1.82) is 0 Å². The molecule has 1 atom stereocenters. The molecule has 0 unspecified atom stereocenters. The van der Waals surface area contributed by atoms with Crippen molar-refractivity contribution in [3.8, 4) is 5.82 Å². The number of nitrogens with zero attached hydrogens (tertiary/aromatic N) is 5. The predicted octanol–water partition coefficient (Wildman–Crippen LogP) is 1.75. The van der Waals surface area contributed by atoms with Crippen LogP contribution in [-0.4, -0.2) is 46.8 Å². The van der Waals surface area contributed by atoms with Gasteiger partial charge in [0.1, 0.15) is 0 Å². The molecule has 0 bridgehead atoms. The maximum Gasteiger partial charge on any atom is 0.176 e. The fourth-order valence-electron chi connectivity index (χ4n) is 2.70. The zero-order valence-electron chi connectivity index (χ0n) is 12.8. The molecule has 6 heteroatoms. The fraction of sp³-hybridized carbons (Fsp3) is 0.533. The first-order valence-electron chi connectivity index (χ1n) is 7.30. The maximum atomic E-state index is 5.41. The van der Waals surface area contributed by atoms with Crippen molar-refractivity contribution in [2.75, 3.05) is 31.7 Å². The molecule has 0 aromatic carbocycles. The van der Waals surface area contributed by atoms with Gasteiger partial charge in [0.15, 0.2) is 11.6 Å². The Bertz CT molecular complexity index is 601. The van der Waals surface area contributed by atoms with E-state index >= 15 is 0 Å². The molecule has 3 rings (SSSR count). The summed E-state index contributed by atoms with van der Waals surface area (Å²) >= 11 is 0. The Morgan fingerprint density at radius 2 is 2.19 bits per heavy atom. The average Bonchev–Trinajstić information content (AvgIpc) is 3.08. The van der Waals surface area contributed by atoms with E-state index in [1.807, 2.05) is 43.8 Å². The Balaban J connectivity index is 1.72. The first kappa shape index (κ1) is 14.0. The molecule has 0 aliphatic carbocycles. The van der Waals surface area contributed by atoms with Crippen LogP contribution in [0.25, 0.3) is 5.82 Å². The lowest BCUT2D eigenvalue weighted by Crippen LogP contribution is -2.26. The average molecular weight is 287 g/mol. The number of hydrogen-bond donors (Lipinski definition) is 0. The summed E-state index contributed by atoms with van der Waals surface area (Å²) in [6.45, 7) is 6.67. The van der Waals surface area contributed by atoms with Crippen LogP contribution in [0.5, 0.6) is 0 Å². The standard InChI is InChI=1S/C15H21N5O/c1-11-8-12(2)20(18-11)15-5-4-14(16-17-15)19(3)9-13-6-7-21-10-13/h4-5,8,13H,6-7,9-10H2,1-3H3/t13-/m0/s1. The Kier molecular flexibility index (Phi) is 3.88. The molecule has 1 fully saturated rings. The summed E-state index contributed by atoms with van der Waals surface area (Å²) in [4.78, 5) is 2.14. The third-order valence-corrected chi connectivity index (χ3v) is 3.81. The van der Waals surface area contributed by atoms with Crippen LogP contribution >= 0.6 is 0 Å². The van der Waals surface area contributed by atoms with Crippen molar-refractivity contribution in [2.24, 2.45) is 5.92 Å². The van der Waals surface area contributed by atoms with E-state index in [-0.39, 0.29) is 0 Å². The molecule has 0 saturated carbocycles. The largest absolute Gasteiger partial charge is 0.381 e. The Labute approximate surface area is 124 Å². The third kappa shape index (κ3) is 3.05. The van der Waals surface area contributed by atoms with E-state index in [0.29, 0.717) is 5.92 Å². The van der Waals surface area contributed by atoms with Gasteiger partial charge in [-0.25, -0.2) is 4.68 Å². The molecule has 0 N–H and O–H groups in total. The summed E-state index contributed by atoms with van der Waals surface area (Å²) in [5.41, 5.74) is 2.04. The van der Waals surface area contributed by atoms with Crippen molar-refractivity contribution in [3.63, 3.8) is 0 Å². The Morgan fingerprint density at radius 1 is 1.33 bits per heavy atom. The van der Waals surface area contributed by atoms with Gasteiger partial charge in [-0.15, -0.1) is 10.2 Å². The van der Waals surface area contributed by atoms with Gasteiger partial charge in [-0.05, 0) is 38.5 Å². The molecule has 112 valence electrons. The van der Waals surface area contributed by atoms with E-state index in [1.54, 1.807) is 0 Å². The molecular weight excluding hydrogens is 266 g/mol. The van der Waals surface area contributed by atoms with Crippen LogP contribution in [0, 0.1) is 19.8 Å². The number of rotatable bonds is 4. The summed E-state index contributed by atoms with van der Waals surface area (Å²) < 4.78 is 7.23. The van der Waals surface area contributed by atoms with Crippen LogP contribution in [-0.2, 0) is 4.74 Å².